The van der Waals surface area contributed by atoms with Crippen molar-refractivity contribution in [2.45, 2.75) is 26.7 Å². The van der Waals surface area contributed by atoms with Gasteiger partial charge >= 0.3 is 5.97 Å². The van der Waals surface area contributed by atoms with Crippen molar-refractivity contribution in [1.82, 2.24) is 19.7 Å². The van der Waals surface area contributed by atoms with Gasteiger partial charge in [-0.2, -0.15) is 10.1 Å². The van der Waals surface area contributed by atoms with Gasteiger partial charge in [0.1, 0.15) is 5.82 Å². The Labute approximate surface area is 197 Å². The van der Waals surface area contributed by atoms with Crippen molar-refractivity contribution in [3.8, 4) is 5.95 Å². The van der Waals surface area contributed by atoms with Gasteiger partial charge in [0.05, 0.1) is 30.5 Å². The molecule has 4 aromatic rings. The fourth-order valence-corrected chi connectivity index (χ4v) is 4.48. The van der Waals surface area contributed by atoms with Crippen LogP contribution in [0.5, 0.6) is 0 Å². The van der Waals surface area contributed by atoms with Crippen LogP contribution in [-0.4, -0.2) is 57.1 Å². The largest absolute Gasteiger partial charge is 0.478 e. The third-order valence-corrected chi connectivity index (χ3v) is 6.38. The molecule has 1 N–H and O–H groups in total. The normalized spacial score (nSPS) is 14.0. The van der Waals surface area contributed by atoms with Crippen molar-refractivity contribution in [3.05, 3.63) is 76.6 Å². The molecule has 174 valence electrons. The minimum absolute atomic E-state index is 0.0958. The number of rotatable bonds is 6. The number of aryl methyl sites for hydroxylation is 3. The van der Waals surface area contributed by atoms with Crippen LogP contribution in [0.1, 0.15) is 32.6 Å². The van der Waals surface area contributed by atoms with Crippen LogP contribution < -0.4 is 4.90 Å². The highest BCUT2D eigenvalue weighted by Crippen LogP contribution is 2.28. The number of aromatic carboxylic acids is 1. The zero-order valence-corrected chi connectivity index (χ0v) is 19.4. The van der Waals surface area contributed by atoms with E-state index in [1.807, 2.05) is 6.07 Å². The number of carboxylic acids is 1. The summed E-state index contributed by atoms with van der Waals surface area (Å²) >= 11 is 0. The first-order valence-electron chi connectivity index (χ1n) is 11.5. The van der Waals surface area contributed by atoms with Gasteiger partial charge in [0.15, 0.2) is 0 Å². The maximum absolute atomic E-state index is 11.3. The summed E-state index contributed by atoms with van der Waals surface area (Å²) in [5.41, 5.74) is 6.17. The van der Waals surface area contributed by atoms with Crippen molar-refractivity contribution in [1.29, 1.82) is 0 Å². The van der Waals surface area contributed by atoms with Gasteiger partial charge in [0, 0.05) is 24.7 Å². The standard InChI is InChI=1S/C26H27N5O3/c1-17-4-3-5-18(2)21(17)8-6-19-7-9-23-22(14-19)24(30-10-12-34-13-11-30)29-26(28-23)31-16-20(15-27-31)25(32)33/h3-5,7,9,14-16H,6,8,10-13H2,1-2H3,(H,32,33). The molecule has 0 aliphatic carbocycles. The number of hydrogen-bond donors (Lipinski definition) is 1. The van der Waals surface area contributed by atoms with Crippen LogP contribution in [-0.2, 0) is 17.6 Å². The lowest BCUT2D eigenvalue weighted by atomic mass is 9.96. The SMILES string of the molecule is Cc1cccc(C)c1CCc1ccc2nc(-n3cc(C(=O)O)cn3)nc(N3CCOCC3)c2c1. The predicted octanol–water partition coefficient (Wildman–Crippen LogP) is 3.75. The molecule has 0 unspecified atom stereocenters. The zero-order valence-electron chi connectivity index (χ0n) is 19.4. The van der Waals surface area contributed by atoms with Gasteiger partial charge in [-0.3, -0.25) is 0 Å². The maximum Gasteiger partial charge on any atom is 0.338 e. The fraction of sp³-hybridized carbons (Fsp3) is 0.308. The second-order valence-corrected chi connectivity index (χ2v) is 8.65. The number of morpholine rings is 1. The molecule has 1 aliphatic rings. The predicted molar refractivity (Wildman–Crippen MR) is 130 cm³/mol. The van der Waals surface area contributed by atoms with E-state index in [-0.39, 0.29) is 5.56 Å². The maximum atomic E-state index is 11.3. The van der Waals surface area contributed by atoms with Crippen molar-refractivity contribution >= 4 is 22.7 Å². The van der Waals surface area contributed by atoms with Crippen molar-refractivity contribution in [2.24, 2.45) is 0 Å². The molecule has 0 spiro atoms. The first-order valence-corrected chi connectivity index (χ1v) is 11.5. The Morgan fingerprint density at radius 3 is 2.53 bits per heavy atom. The van der Waals surface area contributed by atoms with Gasteiger partial charge in [-0.05, 0) is 61.1 Å². The van der Waals surface area contributed by atoms with E-state index in [1.54, 1.807) is 0 Å². The van der Waals surface area contributed by atoms with E-state index in [2.05, 4.69) is 54.2 Å². The number of nitrogens with zero attached hydrogens (tertiary/aromatic N) is 5. The fourth-order valence-electron chi connectivity index (χ4n) is 4.48. The summed E-state index contributed by atoms with van der Waals surface area (Å²) in [6.07, 6.45) is 4.64. The summed E-state index contributed by atoms with van der Waals surface area (Å²) in [7, 11) is 0. The molecule has 5 rings (SSSR count). The first-order chi connectivity index (χ1) is 16.5. The van der Waals surface area contributed by atoms with Gasteiger partial charge in [-0.25, -0.2) is 14.5 Å². The lowest BCUT2D eigenvalue weighted by Gasteiger charge is -2.29. The Balaban J connectivity index is 1.53. The van der Waals surface area contributed by atoms with E-state index in [4.69, 9.17) is 14.7 Å². The van der Waals surface area contributed by atoms with E-state index in [9.17, 15) is 9.90 Å². The molecule has 0 bridgehead atoms. The molecule has 0 radical (unpaired) electrons. The van der Waals surface area contributed by atoms with E-state index < -0.39 is 5.97 Å². The molecule has 3 heterocycles. The number of carbonyl (C=O) groups is 1. The summed E-state index contributed by atoms with van der Waals surface area (Å²) < 4.78 is 6.96. The molecule has 1 saturated heterocycles. The Morgan fingerprint density at radius 1 is 1.06 bits per heavy atom. The highest BCUT2D eigenvalue weighted by Gasteiger charge is 2.19. The molecule has 34 heavy (non-hydrogen) atoms. The van der Waals surface area contributed by atoms with E-state index in [0.29, 0.717) is 19.2 Å². The third-order valence-electron chi connectivity index (χ3n) is 6.38. The topological polar surface area (TPSA) is 93.4 Å². The monoisotopic (exact) mass is 457 g/mol. The molecule has 1 aliphatic heterocycles. The summed E-state index contributed by atoms with van der Waals surface area (Å²) in [5, 5.41) is 14.4. The van der Waals surface area contributed by atoms with Crippen LogP contribution in [0.4, 0.5) is 5.82 Å². The van der Waals surface area contributed by atoms with Gasteiger partial charge in [-0.1, -0.05) is 24.3 Å². The number of aromatic nitrogens is 4. The van der Waals surface area contributed by atoms with Gasteiger partial charge in [0.2, 0.25) is 0 Å². The number of carboxylic acid groups (broad SMARTS) is 1. The summed E-state index contributed by atoms with van der Waals surface area (Å²) in [5.74, 6) is 0.142. The number of ether oxygens (including phenoxy) is 1. The molecule has 0 saturated carbocycles. The van der Waals surface area contributed by atoms with E-state index in [0.717, 1.165) is 42.7 Å². The second kappa shape index (κ2) is 9.23. The van der Waals surface area contributed by atoms with Crippen LogP contribution in [0.15, 0.2) is 48.8 Å². The lowest BCUT2D eigenvalue weighted by molar-refractivity contribution is 0.0697. The summed E-state index contributed by atoms with van der Waals surface area (Å²) in [6, 6.07) is 12.8. The van der Waals surface area contributed by atoms with Crippen LogP contribution in [0.2, 0.25) is 0 Å². The number of hydrogen-bond acceptors (Lipinski definition) is 6. The molecule has 0 amide bonds. The second-order valence-electron chi connectivity index (χ2n) is 8.65. The minimum atomic E-state index is -1.03. The van der Waals surface area contributed by atoms with Crippen LogP contribution in [0.3, 0.4) is 0 Å². The van der Waals surface area contributed by atoms with Gasteiger partial charge < -0.3 is 14.7 Å². The molecule has 8 heteroatoms. The quantitative estimate of drug-likeness (QED) is 0.471. The summed E-state index contributed by atoms with van der Waals surface area (Å²) in [6.45, 7) is 7.07. The Hall–Kier alpha value is -3.78. The number of fused-ring (bicyclic) bond motifs is 1. The zero-order chi connectivity index (χ0) is 23.7. The average Bonchev–Trinajstić information content (AvgIpc) is 3.34. The third kappa shape index (κ3) is 4.36. The van der Waals surface area contributed by atoms with Crippen LogP contribution in [0, 0.1) is 13.8 Å². The highest BCUT2D eigenvalue weighted by atomic mass is 16.5. The Morgan fingerprint density at radius 2 is 1.82 bits per heavy atom. The van der Waals surface area contributed by atoms with Gasteiger partial charge in [0.25, 0.3) is 5.95 Å². The summed E-state index contributed by atoms with van der Waals surface area (Å²) in [4.78, 5) is 23.0. The average molecular weight is 458 g/mol. The lowest BCUT2D eigenvalue weighted by Crippen LogP contribution is -2.37. The van der Waals surface area contributed by atoms with E-state index in [1.165, 1.54) is 39.3 Å². The van der Waals surface area contributed by atoms with Crippen LogP contribution >= 0.6 is 0 Å². The molecule has 2 aromatic heterocycles. The molecular formula is C26H27N5O3. The van der Waals surface area contributed by atoms with Crippen molar-refractivity contribution in [2.75, 3.05) is 31.2 Å². The molecular weight excluding hydrogens is 430 g/mol. The van der Waals surface area contributed by atoms with Gasteiger partial charge in [-0.15, -0.1) is 0 Å². The smallest absolute Gasteiger partial charge is 0.338 e. The Kier molecular flexibility index (Phi) is 5.98. The molecule has 8 nitrogen and oxygen atoms in total. The molecule has 0 atom stereocenters. The molecule has 1 fully saturated rings. The highest BCUT2D eigenvalue weighted by molar-refractivity contribution is 5.91. The van der Waals surface area contributed by atoms with Crippen molar-refractivity contribution < 1.29 is 14.6 Å². The van der Waals surface area contributed by atoms with Crippen LogP contribution in [0.25, 0.3) is 16.9 Å². The Bertz CT molecular complexity index is 1340. The number of anilines is 1. The molecule has 2 aromatic carbocycles. The van der Waals surface area contributed by atoms with Crippen molar-refractivity contribution in [3.63, 3.8) is 0 Å². The first kappa shape index (κ1) is 22.0. The number of benzene rings is 2. The minimum Gasteiger partial charge on any atom is -0.478 e. The van der Waals surface area contributed by atoms with E-state index >= 15 is 0 Å².